The van der Waals surface area contributed by atoms with Crippen LogP contribution in [0, 0.1) is 0 Å². The molecule has 0 aliphatic rings. The second-order valence-corrected chi connectivity index (χ2v) is 2.96. The van der Waals surface area contributed by atoms with Crippen LogP contribution < -0.4 is 0 Å². The first kappa shape index (κ1) is 12.0. The first-order chi connectivity index (χ1) is 6.26. The summed E-state index contributed by atoms with van der Waals surface area (Å²) in [5.41, 5.74) is 0.360. The second kappa shape index (κ2) is 7.65. The summed E-state index contributed by atoms with van der Waals surface area (Å²) in [7, 11) is 1.32. The molecule has 0 bridgehead atoms. The number of carbonyl (C=O) groups is 1. The second-order valence-electron chi connectivity index (χ2n) is 2.96. The fraction of sp³-hybridized carbons (Fsp3) is 0.700. The van der Waals surface area contributed by atoms with E-state index in [0.29, 0.717) is 12.0 Å². The van der Waals surface area contributed by atoms with E-state index in [0.717, 1.165) is 25.5 Å². The summed E-state index contributed by atoms with van der Waals surface area (Å²) in [6.07, 6.45) is 5.79. The number of hydrogen-bond donors (Lipinski definition) is 1. The summed E-state index contributed by atoms with van der Waals surface area (Å²) in [5, 5.41) is 8.72. The number of aliphatic hydroxyl groups is 1. The molecule has 3 heteroatoms. The molecule has 0 unspecified atom stereocenters. The molecule has 0 amide bonds. The Bertz CT molecular complexity index is 173. The quantitative estimate of drug-likeness (QED) is 0.300. The van der Waals surface area contributed by atoms with Crippen LogP contribution >= 0.6 is 0 Å². The van der Waals surface area contributed by atoms with E-state index in [-0.39, 0.29) is 0 Å². The summed E-state index contributed by atoms with van der Waals surface area (Å²) in [4.78, 5) is 11.0. The molecule has 3 nitrogen and oxygen atoms in total. The number of carbonyl (C=O) groups excluding carboxylic acids is 1. The summed E-state index contributed by atoms with van der Waals surface area (Å²) >= 11 is 0. The van der Waals surface area contributed by atoms with Gasteiger partial charge in [0.05, 0.1) is 18.9 Å². The molecule has 0 fully saturated rings. The Morgan fingerprint density at radius 2 is 2.08 bits per heavy atom. The molecule has 76 valence electrons. The maximum Gasteiger partial charge on any atom is 0.336 e. The molecule has 0 aromatic carbocycles. The molecule has 13 heavy (non-hydrogen) atoms. The third-order valence-corrected chi connectivity index (χ3v) is 1.90. The van der Waals surface area contributed by atoms with Crippen LogP contribution in [-0.4, -0.2) is 18.2 Å². The summed E-state index contributed by atoms with van der Waals surface area (Å²) < 4.78 is 4.49. The lowest BCUT2D eigenvalue weighted by atomic mass is 10.1. The zero-order chi connectivity index (χ0) is 10.1. The van der Waals surface area contributed by atoms with Crippen molar-refractivity contribution in [1.29, 1.82) is 0 Å². The average molecular weight is 186 g/mol. The fourth-order valence-electron chi connectivity index (χ4n) is 1.09. The van der Waals surface area contributed by atoms with Crippen LogP contribution in [0.1, 0.15) is 39.0 Å². The number of ether oxygens (including phenoxy) is 1. The predicted octanol–water partition coefficient (Wildman–Crippen LogP) is 2.57. The van der Waals surface area contributed by atoms with Crippen LogP contribution in [0.25, 0.3) is 0 Å². The van der Waals surface area contributed by atoms with E-state index in [1.807, 2.05) is 0 Å². The Morgan fingerprint density at radius 3 is 2.54 bits per heavy atom. The molecular formula is C10H18O3. The smallest absolute Gasteiger partial charge is 0.336 e. The van der Waals surface area contributed by atoms with Crippen molar-refractivity contribution in [2.45, 2.75) is 39.0 Å². The largest absolute Gasteiger partial charge is 0.515 e. The third-order valence-electron chi connectivity index (χ3n) is 1.90. The van der Waals surface area contributed by atoms with Gasteiger partial charge in [-0.15, -0.1) is 0 Å². The van der Waals surface area contributed by atoms with Crippen molar-refractivity contribution >= 4 is 5.97 Å². The van der Waals surface area contributed by atoms with Gasteiger partial charge in [-0.2, -0.15) is 0 Å². The first-order valence-corrected chi connectivity index (χ1v) is 4.67. The molecule has 0 aliphatic heterocycles. The third kappa shape index (κ3) is 5.28. The summed E-state index contributed by atoms with van der Waals surface area (Å²) in [5.74, 6) is -0.431. The van der Waals surface area contributed by atoms with Crippen molar-refractivity contribution in [3.05, 3.63) is 11.8 Å². The number of esters is 1. The maximum absolute atomic E-state index is 11.0. The Labute approximate surface area is 79.4 Å². The number of unbranched alkanes of at least 4 members (excludes halogenated alkanes) is 3. The van der Waals surface area contributed by atoms with Crippen LogP contribution in [-0.2, 0) is 9.53 Å². The lowest BCUT2D eigenvalue weighted by Crippen LogP contribution is -2.04. The molecule has 1 N–H and O–H groups in total. The zero-order valence-corrected chi connectivity index (χ0v) is 8.38. The highest BCUT2D eigenvalue weighted by atomic mass is 16.5. The molecule has 0 radical (unpaired) electrons. The van der Waals surface area contributed by atoms with Crippen LogP contribution in [0.2, 0.25) is 0 Å². The van der Waals surface area contributed by atoms with Crippen molar-refractivity contribution in [1.82, 2.24) is 0 Å². The zero-order valence-electron chi connectivity index (χ0n) is 8.38. The molecule has 0 spiro atoms. The Morgan fingerprint density at radius 1 is 1.38 bits per heavy atom. The minimum absolute atomic E-state index is 0.360. The molecule has 0 aromatic rings. The van der Waals surface area contributed by atoms with Crippen molar-refractivity contribution in [2.75, 3.05) is 7.11 Å². The standard InChI is InChI=1S/C10H18O3/c1-3-4-5-6-7-9(8-11)10(12)13-2/h8,11H,3-7H2,1-2H3. The van der Waals surface area contributed by atoms with Gasteiger partial charge in [-0.25, -0.2) is 4.79 Å². The van der Waals surface area contributed by atoms with Crippen LogP contribution in [0.15, 0.2) is 11.8 Å². The topological polar surface area (TPSA) is 46.5 Å². The van der Waals surface area contributed by atoms with Gasteiger partial charge in [0.15, 0.2) is 0 Å². The SMILES string of the molecule is CCCCCCC(=CO)C(=O)OC. The number of rotatable bonds is 6. The van der Waals surface area contributed by atoms with Gasteiger partial charge in [-0.3, -0.25) is 0 Å². The van der Waals surface area contributed by atoms with Crippen molar-refractivity contribution in [2.24, 2.45) is 0 Å². The minimum atomic E-state index is -0.431. The number of hydrogen-bond acceptors (Lipinski definition) is 3. The fourth-order valence-corrected chi connectivity index (χ4v) is 1.09. The van der Waals surface area contributed by atoms with Gasteiger partial charge in [-0.05, 0) is 12.8 Å². The van der Waals surface area contributed by atoms with Gasteiger partial charge in [-0.1, -0.05) is 26.2 Å². The lowest BCUT2D eigenvalue weighted by Gasteiger charge is -2.02. The first-order valence-electron chi connectivity index (χ1n) is 4.67. The molecule has 0 aromatic heterocycles. The monoisotopic (exact) mass is 186 g/mol. The van der Waals surface area contributed by atoms with E-state index in [4.69, 9.17) is 5.11 Å². The Balaban J connectivity index is 3.68. The highest BCUT2D eigenvalue weighted by Gasteiger charge is 2.08. The van der Waals surface area contributed by atoms with Crippen molar-refractivity contribution in [3.8, 4) is 0 Å². The molecular weight excluding hydrogens is 168 g/mol. The van der Waals surface area contributed by atoms with E-state index in [2.05, 4.69) is 11.7 Å². The van der Waals surface area contributed by atoms with E-state index in [1.54, 1.807) is 0 Å². The van der Waals surface area contributed by atoms with Gasteiger partial charge in [0.2, 0.25) is 0 Å². The van der Waals surface area contributed by atoms with Gasteiger partial charge in [0.1, 0.15) is 0 Å². The Hall–Kier alpha value is -0.990. The number of methoxy groups -OCH3 is 1. The maximum atomic E-state index is 11.0. The Kier molecular flexibility index (Phi) is 7.07. The summed E-state index contributed by atoms with van der Waals surface area (Å²) in [6, 6.07) is 0. The van der Waals surface area contributed by atoms with Crippen LogP contribution in [0.3, 0.4) is 0 Å². The predicted molar refractivity (Wildman–Crippen MR) is 51.5 cm³/mol. The molecule has 0 rings (SSSR count). The van der Waals surface area contributed by atoms with Gasteiger partial charge in [0.25, 0.3) is 0 Å². The van der Waals surface area contributed by atoms with E-state index >= 15 is 0 Å². The highest BCUT2D eigenvalue weighted by Crippen LogP contribution is 2.10. The minimum Gasteiger partial charge on any atom is -0.515 e. The summed E-state index contributed by atoms with van der Waals surface area (Å²) in [6.45, 7) is 2.13. The molecule has 0 saturated carbocycles. The van der Waals surface area contributed by atoms with E-state index < -0.39 is 5.97 Å². The normalized spacial score (nSPS) is 11.4. The molecule has 0 saturated heterocycles. The van der Waals surface area contributed by atoms with E-state index in [9.17, 15) is 4.79 Å². The average Bonchev–Trinajstić information content (AvgIpc) is 2.17. The molecule has 0 aliphatic carbocycles. The molecule has 0 atom stereocenters. The lowest BCUT2D eigenvalue weighted by molar-refractivity contribution is -0.136. The van der Waals surface area contributed by atoms with Gasteiger partial charge >= 0.3 is 5.97 Å². The van der Waals surface area contributed by atoms with Gasteiger partial charge in [0, 0.05) is 0 Å². The van der Waals surface area contributed by atoms with Crippen LogP contribution in [0.4, 0.5) is 0 Å². The van der Waals surface area contributed by atoms with Crippen molar-refractivity contribution in [3.63, 3.8) is 0 Å². The number of aliphatic hydroxyl groups excluding tert-OH is 1. The van der Waals surface area contributed by atoms with E-state index in [1.165, 1.54) is 13.5 Å². The highest BCUT2D eigenvalue weighted by molar-refractivity contribution is 5.87. The van der Waals surface area contributed by atoms with Crippen LogP contribution in [0.5, 0.6) is 0 Å². The van der Waals surface area contributed by atoms with Gasteiger partial charge < -0.3 is 9.84 Å². The van der Waals surface area contributed by atoms with Crippen molar-refractivity contribution < 1.29 is 14.6 Å². The molecule has 0 heterocycles.